The molecule has 2 aromatic rings. The standard InChI is InChI=1S/C14H19N2/c1-3-4-9-15-10-11-16(12-15)14-8-6-5-7-13(14)2/h5-8,10-12H,3-4,9H2,1-2H3/q+1. The molecule has 0 spiro atoms. The number of aryl methyl sites for hydroxylation is 2. The van der Waals surface area contributed by atoms with Gasteiger partial charge in [-0.25, -0.2) is 9.13 Å². The molecule has 0 radical (unpaired) electrons. The maximum Gasteiger partial charge on any atom is 0.248 e. The fourth-order valence-electron chi connectivity index (χ4n) is 1.86. The molecule has 1 heterocycles. The maximum atomic E-state index is 2.25. The lowest BCUT2D eigenvalue weighted by Crippen LogP contribution is -2.30. The van der Waals surface area contributed by atoms with Crippen LogP contribution in [-0.4, -0.2) is 4.57 Å². The first kappa shape index (κ1) is 10.9. The molecule has 0 saturated heterocycles. The van der Waals surface area contributed by atoms with E-state index in [1.807, 2.05) is 0 Å². The van der Waals surface area contributed by atoms with Gasteiger partial charge in [0.05, 0.1) is 6.54 Å². The number of aromatic nitrogens is 2. The average molecular weight is 215 g/mol. The van der Waals surface area contributed by atoms with Crippen molar-refractivity contribution in [3.63, 3.8) is 0 Å². The second-order valence-electron chi connectivity index (χ2n) is 4.20. The second-order valence-corrected chi connectivity index (χ2v) is 4.20. The smallest absolute Gasteiger partial charge is 0.236 e. The van der Waals surface area contributed by atoms with Crippen molar-refractivity contribution < 1.29 is 4.57 Å². The Morgan fingerprint density at radius 3 is 2.81 bits per heavy atom. The van der Waals surface area contributed by atoms with Crippen molar-refractivity contribution in [1.29, 1.82) is 0 Å². The lowest BCUT2D eigenvalue weighted by atomic mass is 10.2. The molecular formula is C14H19N2+. The summed E-state index contributed by atoms with van der Waals surface area (Å²) in [4.78, 5) is 0. The van der Waals surface area contributed by atoms with E-state index in [1.54, 1.807) is 0 Å². The Balaban J connectivity index is 2.22. The van der Waals surface area contributed by atoms with Gasteiger partial charge < -0.3 is 0 Å². The van der Waals surface area contributed by atoms with E-state index in [9.17, 15) is 0 Å². The largest absolute Gasteiger partial charge is 0.248 e. The quantitative estimate of drug-likeness (QED) is 0.693. The number of para-hydroxylation sites is 1. The Morgan fingerprint density at radius 1 is 1.25 bits per heavy atom. The SMILES string of the molecule is CCCC[n+]1ccn(-c2ccccc2C)c1. The minimum absolute atomic E-state index is 1.11. The van der Waals surface area contributed by atoms with Gasteiger partial charge in [-0.3, -0.25) is 0 Å². The van der Waals surface area contributed by atoms with Crippen LogP contribution in [0, 0.1) is 6.92 Å². The first-order valence-electron chi connectivity index (χ1n) is 5.94. The van der Waals surface area contributed by atoms with E-state index in [-0.39, 0.29) is 0 Å². The van der Waals surface area contributed by atoms with Crippen LogP contribution in [0.5, 0.6) is 0 Å². The first-order chi connectivity index (χ1) is 7.81. The van der Waals surface area contributed by atoms with E-state index in [2.05, 4.69) is 66.0 Å². The Labute approximate surface area is 97.2 Å². The maximum absolute atomic E-state index is 2.25. The number of unbranched alkanes of at least 4 members (excludes halogenated alkanes) is 1. The summed E-state index contributed by atoms with van der Waals surface area (Å²) in [7, 11) is 0. The highest BCUT2D eigenvalue weighted by Crippen LogP contribution is 2.11. The van der Waals surface area contributed by atoms with Crippen LogP contribution in [-0.2, 0) is 6.54 Å². The third-order valence-corrected chi connectivity index (χ3v) is 2.85. The third-order valence-electron chi connectivity index (χ3n) is 2.85. The van der Waals surface area contributed by atoms with Crippen LogP contribution in [0.3, 0.4) is 0 Å². The van der Waals surface area contributed by atoms with Crippen LogP contribution in [0.15, 0.2) is 43.0 Å². The Morgan fingerprint density at radius 2 is 2.06 bits per heavy atom. The number of rotatable bonds is 4. The molecule has 0 saturated carbocycles. The van der Waals surface area contributed by atoms with Gasteiger partial charge in [-0.05, 0) is 25.0 Å². The molecule has 0 aliphatic carbocycles. The van der Waals surface area contributed by atoms with Crippen LogP contribution in [0.4, 0.5) is 0 Å². The minimum Gasteiger partial charge on any atom is -0.236 e. The first-order valence-corrected chi connectivity index (χ1v) is 5.94. The zero-order valence-electron chi connectivity index (χ0n) is 10.1. The van der Waals surface area contributed by atoms with E-state index in [0.717, 1.165) is 6.54 Å². The fraction of sp³-hybridized carbons (Fsp3) is 0.357. The van der Waals surface area contributed by atoms with Crippen LogP contribution < -0.4 is 4.57 Å². The monoisotopic (exact) mass is 215 g/mol. The van der Waals surface area contributed by atoms with Crippen molar-refractivity contribution in [2.45, 2.75) is 33.2 Å². The second kappa shape index (κ2) is 4.97. The molecule has 0 bridgehead atoms. The van der Waals surface area contributed by atoms with E-state index in [1.165, 1.54) is 24.1 Å². The molecule has 2 rings (SSSR count). The minimum atomic E-state index is 1.11. The molecule has 0 aliphatic heterocycles. The summed E-state index contributed by atoms with van der Waals surface area (Å²) in [5.74, 6) is 0. The zero-order valence-corrected chi connectivity index (χ0v) is 10.1. The summed E-state index contributed by atoms with van der Waals surface area (Å²) >= 11 is 0. The topological polar surface area (TPSA) is 8.81 Å². The summed E-state index contributed by atoms with van der Waals surface area (Å²) in [6.45, 7) is 5.47. The molecule has 2 nitrogen and oxygen atoms in total. The molecule has 1 aromatic heterocycles. The lowest BCUT2D eigenvalue weighted by molar-refractivity contribution is -0.696. The summed E-state index contributed by atoms with van der Waals surface area (Å²) in [5.41, 5.74) is 2.57. The molecule has 2 heteroatoms. The van der Waals surface area contributed by atoms with Crippen molar-refractivity contribution in [3.8, 4) is 5.69 Å². The van der Waals surface area contributed by atoms with Gasteiger partial charge in [-0.2, -0.15) is 0 Å². The molecule has 0 unspecified atom stereocenters. The Hall–Kier alpha value is -1.57. The molecule has 16 heavy (non-hydrogen) atoms. The predicted octanol–water partition coefficient (Wildman–Crippen LogP) is 2.87. The van der Waals surface area contributed by atoms with Crippen molar-refractivity contribution in [2.24, 2.45) is 0 Å². The van der Waals surface area contributed by atoms with Gasteiger partial charge in [0, 0.05) is 0 Å². The summed E-state index contributed by atoms with van der Waals surface area (Å²) in [5, 5.41) is 0. The average Bonchev–Trinajstić information content (AvgIpc) is 2.75. The van der Waals surface area contributed by atoms with Crippen molar-refractivity contribution in [3.05, 3.63) is 48.5 Å². The molecule has 0 N–H and O–H groups in total. The van der Waals surface area contributed by atoms with Gasteiger partial charge in [0.2, 0.25) is 6.33 Å². The van der Waals surface area contributed by atoms with Gasteiger partial charge in [-0.1, -0.05) is 31.5 Å². The number of nitrogens with zero attached hydrogens (tertiary/aromatic N) is 2. The van der Waals surface area contributed by atoms with Gasteiger partial charge >= 0.3 is 0 Å². The van der Waals surface area contributed by atoms with Crippen LogP contribution in [0.2, 0.25) is 0 Å². The van der Waals surface area contributed by atoms with Crippen LogP contribution in [0.25, 0.3) is 5.69 Å². The highest BCUT2D eigenvalue weighted by Gasteiger charge is 2.07. The van der Waals surface area contributed by atoms with Gasteiger partial charge in [0.15, 0.2) is 0 Å². The summed E-state index contributed by atoms with van der Waals surface area (Å²) in [6, 6.07) is 8.46. The molecule has 84 valence electrons. The molecule has 0 fully saturated rings. The van der Waals surface area contributed by atoms with Gasteiger partial charge in [-0.15, -0.1) is 0 Å². The van der Waals surface area contributed by atoms with Crippen LogP contribution >= 0.6 is 0 Å². The summed E-state index contributed by atoms with van der Waals surface area (Å²) in [6.07, 6.45) is 8.91. The Bertz CT molecular complexity index is 457. The number of hydrogen-bond acceptors (Lipinski definition) is 0. The fourth-order valence-corrected chi connectivity index (χ4v) is 1.86. The summed E-state index contributed by atoms with van der Waals surface area (Å²) < 4.78 is 4.43. The van der Waals surface area contributed by atoms with E-state index in [4.69, 9.17) is 0 Å². The van der Waals surface area contributed by atoms with E-state index in [0.29, 0.717) is 0 Å². The van der Waals surface area contributed by atoms with Gasteiger partial charge in [0.25, 0.3) is 0 Å². The Kier molecular flexibility index (Phi) is 3.40. The third kappa shape index (κ3) is 2.32. The van der Waals surface area contributed by atoms with E-state index >= 15 is 0 Å². The molecule has 0 atom stereocenters. The molecule has 1 aromatic carbocycles. The predicted molar refractivity (Wildman–Crippen MR) is 65.6 cm³/mol. The molecule has 0 amide bonds. The number of imidazole rings is 1. The zero-order chi connectivity index (χ0) is 11.4. The van der Waals surface area contributed by atoms with Gasteiger partial charge in [0.1, 0.15) is 18.1 Å². The highest BCUT2D eigenvalue weighted by atomic mass is 15.1. The molecular weight excluding hydrogens is 196 g/mol. The highest BCUT2D eigenvalue weighted by molar-refractivity contribution is 5.39. The normalized spacial score (nSPS) is 10.6. The van der Waals surface area contributed by atoms with Crippen molar-refractivity contribution >= 4 is 0 Å². The van der Waals surface area contributed by atoms with Crippen molar-refractivity contribution in [2.75, 3.05) is 0 Å². The van der Waals surface area contributed by atoms with E-state index < -0.39 is 0 Å². The van der Waals surface area contributed by atoms with Crippen molar-refractivity contribution in [1.82, 2.24) is 4.57 Å². The lowest BCUT2D eigenvalue weighted by Gasteiger charge is -1.99. The van der Waals surface area contributed by atoms with Crippen LogP contribution in [0.1, 0.15) is 25.3 Å². The number of hydrogen-bond donors (Lipinski definition) is 0. The number of benzene rings is 1. The molecule has 0 aliphatic rings.